The van der Waals surface area contributed by atoms with Gasteiger partial charge in [0.25, 0.3) is 0 Å². The Kier molecular flexibility index (Phi) is 4.66. The molecular formula is C12H14O4. The van der Waals surface area contributed by atoms with Gasteiger partial charge in [-0.3, -0.25) is 4.79 Å². The van der Waals surface area contributed by atoms with E-state index in [9.17, 15) is 9.59 Å². The molecule has 0 aliphatic carbocycles. The Morgan fingerprint density at radius 1 is 1.25 bits per heavy atom. The van der Waals surface area contributed by atoms with Gasteiger partial charge in [-0.2, -0.15) is 0 Å². The van der Waals surface area contributed by atoms with Gasteiger partial charge in [0.05, 0.1) is 7.11 Å². The third kappa shape index (κ3) is 3.47. The van der Waals surface area contributed by atoms with E-state index < -0.39 is 12.1 Å². The van der Waals surface area contributed by atoms with Crippen molar-refractivity contribution in [2.24, 2.45) is 0 Å². The molecule has 86 valence electrons. The van der Waals surface area contributed by atoms with Crippen LogP contribution < -0.4 is 0 Å². The third-order valence-electron chi connectivity index (χ3n) is 1.97. The minimum absolute atomic E-state index is 0.103. The molecule has 1 rings (SSSR count). The summed E-state index contributed by atoms with van der Waals surface area (Å²) in [6.07, 6.45) is -0.838. The molecule has 0 bridgehead atoms. The topological polar surface area (TPSA) is 52.6 Å². The second-order valence-corrected chi connectivity index (χ2v) is 3.33. The monoisotopic (exact) mass is 222 g/mol. The molecule has 4 heteroatoms. The van der Waals surface area contributed by atoms with Crippen molar-refractivity contribution in [1.82, 2.24) is 0 Å². The highest BCUT2D eigenvalue weighted by atomic mass is 16.6. The Balaban J connectivity index is 2.79. The van der Waals surface area contributed by atoms with Crippen LogP contribution in [0, 0.1) is 0 Å². The summed E-state index contributed by atoms with van der Waals surface area (Å²) in [5.41, 5.74) is 0.676. The molecule has 0 N–H and O–H groups in total. The van der Waals surface area contributed by atoms with E-state index in [2.05, 4.69) is 4.74 Å². The van der Waals surface area contributed by atoms with Crippen LogP contribution in [0.2, 0.25) is 0 Å². The van der Waals surface area contributed by atoms with Crippen LogP contribution >= 0.6 is 0 Å². The molecule has 0 fully saturated rings. The second kappa shape index (κ2) is 6.02. The van der Waals surface area contributed by atoms with E-state index in [1.165, 1.54) is 14.0 Å². The Morgan fingerprint density at radius 3 is 2.38 bits per heavy atom. The van der Waals surface area contributed by atoms with Gasteiger partial charge >= 0.3 is 5.97 Å². The normalized spacial score (nSPS) is 11.9. The molecule has 1 aromatic rings. The lowest BCUT2D eigenvalue weighted by Crippen LogP contribution is -2.20. The average Bonchev–Trinajstić information content (AvgIpc) is 2.30. The zero-order valence-electron chi connectivity index (χ0n) is 9.30. The number of Topliss-reactive ketones (excluding diaryl/α,β-unsaturated/α-hetero) is 1. The summed E-state index contributed by atoms with van der Waals surface area (Å²) < 4.78 is 9.84. The van der Waals surface area contributed by atoms with Crippen LogP contribution in [0.4, 0.5) is 0 Å². The van der Waals surface area contributed by atoms with Crippen molar-refractivity contribution in [1.29, 1.82) is 0 Å². The highest BCUT2D eigenvalue weighted by Crippen LogP contribution is 2.18. The summed E-state index contributed by atoms with van der Waals surface area (Å²) in [6, 6.07) is 8.93. The van der Waals surface area contributed by atoms with Gasteiger partial charge in [-0.25, -0.2) is 4.79 Å². The summed E-state index contributed by atoms with van der Waals surface area (Å²) >= 11 is 0. The van der Waals surface area contributed by atoms with Crippen molar-refractivity contribution >= 4 is 11.8 Å². The van der Waals surface area contributed by atoms with Crippen LogP contribution in [0.5, 0.6) is 0 Å². The zero-order chi connectivity index (χ0) is 12.0. The number of benzene rings is 1. The lowest BCUT2D eigenvalue weighted by molar-refractivity contribution is -0.155. The van der Waals surface area contributed by atoms with Crippen LogP contribution in [-0.4, -0.2) is 25.5 Å². The molecule has 4 nitrogen and oxygen atoms in total. The number of hydrogen-bond donors (Lipinski definition) is 0. The number of hydrogen-bond acceptors (Lipinski definition) is 4. The predicted octanol–water partition coefficient (Wildman–Crippen LogP) is 1.51. The van der Waals surface area contributed by atoms with Crippen molar-refractivity contribution in [3.8, 4) is 0 Å². The minimum atomic E-state index is -0.838. The van der Waals surface area contributed by atoms with Crippen LogP contribution in [0.3, 0.4) is 0 Å². The molecule has 1 unspecified atom stereocenters. The average molecular weight is 222 g/mol. The van der Waals surface area contributed by atoms with E-state index in [4.69, 9.17) is 4.74 Å². The number of carbonyl (C=O) groups excluding carboxylic acids is 2. The van der Waals surface area contributed by atoms with Gasteiger partial charge in [0.1, 0.15) is 6.61 Å². The first kappa shape index (κ1) is 12.4. The van der Waals surface area contributed by atoms with Gasteiger partial charge in [0.15, 0.2) is 11.9 Å². The zero-order valence-corrected chi connectivity index (χ0v) is 9.30. The molecule has 1 atom stereocenters. The van der Waals surface area contributed by atoms with Gasteiger partial charge in [0, 0.05) is 0 Å². The highest BCUT2D eigenvalue weighted by Gasteiger charge is 2.22. The molecule has 0 aliphatic heterocycles. The predicted molar refractivity (Wildman–Crippen MR) is 57.8 cm³/mol. The summed E-state index contributed by atoms with van der Waals surface area (Å²) in [6.45, 7) is 1.30. The first-order valence-electron chi connectivity index (χ1n) is 4.89. The standard InChI is InChI=1S/C12H14O4/c1-9(13)8-16-11(12(14)15-2)10-6-4-3-5-7-10/h3-7,11H,8H2,1-2H3. The number of methoxy groups -OCH3 is 1. The molecule has 0 heterocycles. The van der Waals surface area contributed by atoms with E-state index in [1.807, 2.05) is 6.07 Å². The summed E-state index contributed by atoms with van der Waals surface area (Å²) in [5, 5.41) is 0. The third-order valence-corrected chi connectivity index (χ3v) is 1.97. The number of rotatable bonds is 5. The molecule has 0 saturated carbocycles. The van der Waals surface area contributed by atoms with E-state index in [0.717, 1.165) is 0 Å². The van der Waals surface area contributed by atoms with Gasteiger partial charge in [-0.1, -0.05) is 30.3 Å². The first-order valence-corrected chi connectivity index (χ1v) is 4.89. The Hall–Kier alpha value is -1.68. The smallest absolute Gasteiger partial charge is 0.339 e. The summed E-state index contributed by atoms with van der Waals surface area (Å²) in [7, 11) is 1.29. The summed E-state index contributed by atoms with van der Waals surface area (Å²) in [4.78, 5) is 22.3. The highest BCUT2D eigenvalue weighted by molar-refractivity contribution is 5.79. The second-order valence-electron chi connectivity index (χ2n) is 3.33. The van der Waals surface area contributed by atoms with Crippen molar-refractivity contribution in [3.05, 3.63) is 35.9 Å². The molecular weight excluding hydrogens is 208 g/mol. The molecule has 0 spiro atoms. The molecule has 0 radical (unpaired) electrons. The van der Waals surface area contributed by atoms with E-state index in [0.29, 0.717) is 5.56 Å². The van der Waals surface area contributed by atoms with Crippen LogP contribution in [-0.2, 0) is 19.1 Å². The lowest BCUT2D eigenvalue weighted by atomic mass is 10.1. The molecule has 0 aromatic heterocycles. The van der Waals surface area contributed by atoms with E-state index in [1.54, 1.807) is 24.3 Å². The van der Waals surface area contributed by atoms with Gasteiger partial charge in [0.2, 0.25) is 0 Å². The SMILES string of the molecule is COC(=O)C(OCC(C)=O)c1ccccc1. The van der Waals surface area contributed by atoms with Gasteiger partial charge < -0.3 is 9.47 Å². The quantitative estimate of drug-likeness (QED) is 0.708. The number of esters is 1. The van der Waals surface area contributed by atoms with Gasteiger partial charge in [-0.05, 0) is 12.5 Å². The number of ketones is 1. The lowest BCUT2D eigenvalue weighted by Gasteiger charge is -2.14. The van der Waals surface area contributed by atoms with Crippen molar-refractivity contribution < 1.29 is 19.1 Å². The van der Waals surface area contributed by atoms with Crippen LogP contribution in [0.1, 0.15) is 18.6 Å². The van der Waals surface area contributed by atoms with E-state index >= 15 is 0 Å². The Labute approximate surface area is 94.2 Å². The fraction of sp³-hybridized carbons (Fsp3) is 0.333. The summed E-state index contributed by atoms with van der Waals surface area (Å²) in [5.74, 6) is -0.641. The fourth-order valence-corrected chi connectivity index (χ4v) is 1.24. The molecule has 0 aliphatic rings. The molecule has 0 amide bonds. The van der Waals surface area contributed by atoms with E-state index in [-0.39, 0.29) is 12.4 Å². The number of carbonyl (C=O) groups is 2. The van der Waals surface area contributed by atoms with Crippen molar-refractivity contribution in [3.63, 3.8) is 0 Å². The fourth-order valence-electron chi connectivity index (χ4n) is 1.24. The molecule has 0 saturated heterocycles. The maximum Gasteiger partial charge on any atom is 0.339 e. The molecule has 16 heavy (non-hydrogen) atoms. The maximum absolute atomic E-state index is 11.5. The first-order chi connectivity index (χ1) is 7.65. The van der Waals surface area contributed by atoms with Gasteiger partial charge in [-0.15, -0.1) is 0 Å². The minimum Gasteiger partial charge on any atom is -0.467 e. The molecule has 1 aromatic carbocycles. The maximum atomic E-state index is 11.5. The Bertz CT molecular complexity index is 359. The van der Waals surface area contributed by atoms with Crippen LogP contribution in [0.25, 0.3) is 0 Å². The van der Waals surface area contributed by atoms with Crippen molar-refractivity contribution in [2.45, 2.75) is 13.0 Å². The van der Waals surface area contributed by atoms with Crippen molar-refractivity contribution in [2.75, 3.05) is 13.7 Å². The number of ether oxygens (including phenoxy) is 2. The Morgan fingerprint density at radius 2 is 1.88 bits per heavy atom. The largest absolute Gasteiger partial charge is 0.467 e. The van der Waals surface area contributed by atoms with Crippen LogP contribution in [0.15, 0.2) is 30.3 Å².